The Morgan fingerprint density at radius 3 is 2.65 bits per heavy atom. The van der Waals surface area contributed by atoms with Crippen LogP contribution in [0.25, 0.3) is 0 Å². The molecule has 0 saturated carbocycles. The normalized spacial score (nSPS) is 10.3. The number of para-hydroxylation sites is 1. The molecule has 0 aliphatic carbocycles. The van der Waals surface area contributed by atoms with E-state index in [2.05, 4.69) is 25.8 Å². The van der Waals surface area contributed by atoms with Crippen LogP contribution < -0.4 is 20.1 Å². The second-order valence-corrected chi connectivity index (χ2v) is 5.74. The third-order valence-corrected chi connectivity index (χ3v) is 3.85. The molecule has 0 aliphatic heterocycles. The van der Waals surface area contributed by atoms with E-state index in [9.17, 15) is 0 Å². The summed E-state index contributed by atoms with van der Waals surface area (Å²) < 4.78 is 10.7. The second-order valence-electron chi connectivity index (χ2n) is 5.30. The van der Waals surface area contributed by atoms with Gasteiger partial charge in [0.2, 0.25) is 5.95 Å². The van der Waals surface area contributed by atoms with E-state index in [4.69, 9.17) is 21.1 Å². The minimum atomic E-state index is 0.329. The van der Waals surface area contributed by atoms with Crippen LogP contribution in [0.5, 0.6) is 11.5 Å². The predicted octanol–water partition coefficient (Wildman–Crippen LogP) is 3.90. The summed E-state index contributed by atoms with van der Waals surface area (Å²) in [5, 5.41) is 14.8. The first-order valence-electron chi connectivity index (χ1n) is 7.85. The number of hydrogen-bond donors (Lipinski definition) is 2. The Labute approximate surface area is 156 Å². The highest BCUT2D eigenvalue weighted by Gasteiger charge is 2.08. The minimum Gasteiger partial charge on any atom is -0.496 e. The Hall–Kier alpha value is -3.06. The van der Waals surface area contributed by atoms with Crippen molar-refractivity contribution in [2.45, 2.75) is 6.54 Å². The maximum atomic E-state index is 6.04. The van der Waals surface area contributed by atoms with Crippen LogP contribution in [0.2, 0.25) is 5.02 Å². The Morgan fingerprint density at radius 1 is 1.04 bits per heavy atom. The van der Waals surface area contributed by atoms with Crippen molar-refractivity contribution >= 4 is 29.1 Å². The molecule has 0 spiro atoms. The average molecular weight is 372 g/mol. The van der Waals surface area contributed by atoms with Gasteiger partial charge in [-0.1, -0.05) is 29.8 Å². The topological polar surface area (TPSA) is 81.2 Å². The number of ether oxygens (including phenoxy) is 2. The van der Waals surface area contributed by atoms with Crippen LogP contribution in [0, 0.1) is 0 Å². The molecule has 3 aromatic rings. The standard InChI is InChI=1S/C18H18ClN5O2/c1-25-15-6-4-3-5-12(15)10-20-17-11-21-24-18(23-17)22-14-9-13(19)7-8-16(14)26-2/h3-9,11H,10H2,1-2H3,(H2,20,22,23,24). The van der Waals surface area contributed by atoms with Crippen LogP contribution in [0.1, 0.15) is 5.56 Å². The summed E-state index contributed by atoms with van der Waals surface area (Å²) in [4.78, 5) is 4.41. The van der Waals surface area contributed by atoms with Gasteiger partial charge in [-0.2, -0.15) is 10.1 Å². The van der Waals surface area contributed by atoms with E-state index in [-0.39, 0.29) is 0 Å². The van der Waals surface area contributed by atoms with Crippen LogP contribution in [0.3, 0.4) is 0 Å². The van der Waals surface area contributed by atoms with Crippen molar-refractivity contribution in [2.75, 3.05) is 24.9 Å². The first-order valence-corrected chi connectivity index (χ1v) is 8.23. The van der Waals surface area contributed by atoms with E-state index in [1.54, 1.807) is 38.6 Å². The Kier molecular flexibility index (Phi) is 5.70. The Bertz CT molecular complexity index is 891. The van der Waals surface area contributed by atoms with E-state index < -0.39 is 0 Å². The van der Waals surface area contributed by atoms with Crippen molar-refractivity contribution in [1.82, 2.24) is 15.2 Å². The van der Waals surface area contributed by atoms with E-state index in [1.807, 2.05) is 24.3 Å². The van der Waals surface area contributed by atoms with Crippen molar-refractivity contribution in [2.24, 2.45) is 0 Å². The summed E-state index contributed by atoms with van der Waals surface area (Å²) in [5.41, 5.74) is 1.67. The molecule has 3 rings (SSSR count). The molecule has 0 atom stereocenters. The summed E-state index contributed by atoms with van der Waals surface area (Å²) >= 11 is 6.04. The van der Waals surface area contributed by atoms with Gasteiger partial charge in [0.1, 0.15) is 11.5 Å². The number of aromatic nitrogens is 3. The first kappa shape index (κ1) is 17.8. The third-order valence-electron chi connectivity index (χ3n) is 3.62. The molecule has 0 aliphatic rings. The number of rotatable bonds is 7. The number of halogens is 1. The summed E-state index contributed by atoms with van der Waals surface area (Å²) in [6.07, 6.45) is 1.55. The van der Waals surface area contributed by atoms with Gasteiger partial charge in [0, 0.05) is 17.1 Å². The van der Waals surface area contributed by atoms with Gasteiger partial charge in [-0.05, 0) is 24.3 Å². The highest BCUT2D eigenvalue weighted by Crippen LogP contribution is 2.29. The number of hydrogen-bond acceptors (Lipinski definition) is 7. The fraction of sp³-hybridized carbons (Fsp3) is 0.167. The number of methoxy groups -OCH3 is 2. The van der Waals surface area contributed by atoms with Gasteiger partial charge in [-0.3, -0.25) is 0 Å². The van der Waals surface area contributed by atoms with Gasteiger partial charge in [0.05, 0.1) is 26.1 Å². The molecule has 2 N–H and O–H groups in total. The summed E-state index contributed by atoms with van der Waals surface area (Å²) in [6, 6.07) is 13.0. The van der Waals surface area contributed by atoms with E-state index in [0.29, 0.717) is 34.8 Å². The molecule has 0 radical (unpaired) electrons. The third kappa shape index (κ3) is 4.31. The van der Waals surface area contributed by atoms with Crippen LogP contribution in [0.4, 0.5) is 17.5 Å². The van der Waals surface area contributed by atoms with Gasteiger partial charge < -0.3 is 20.1 Å². The van der Waals surface area contributed by atoms with Crippen LogP contribution >= 0.6 is 11.6 Å². The summed E-state index contributed by atoms with van der Waals surface area (Å²) in [7, 11) is 3.23. The van der Waals surface area contributed by atoms with E-state index in [1.165, 1.54) is 0 Å². The zero-order valence-electron chi connectivity index (χ0n) is 14.4. The van der Waals surface area contributed by atoms with Gasteiger partial charge in [0.15, 0.2) is 5.82 Å². The van der Waals surface area contributed by atoms with E-state index in [0.717, 1.165) is 11.3 Å². The van der Waals surface area contributed by atoms with Gasteiger partial charge in [0.25, 0.3) is 0 Å². The van der Waals surface area contributed by atoms with Crippen molar-refractivity contribution in [3.05, 3.63) is 59.2 Å². The summed E-state index contributed by atoms with van der Waals surface area (Å²) in [5.74, 6) is 2.35. The fourth-order valence-electron chi connectivity index (χ4n) is 2.37. The highest BCUT2D eigenvalue weighted by atomic mass is 35.5. The molecule has 0 fully saturated rings. The monoisotopic (exact) mass is 371 g/mol. The number of nitrogens with zero attached hydrogens (tertiary/aromatic N) is 3. The lowest BCUT2D eigenvalue weighted by Gasteiger charge is -2.12. The van der Waals surface area contributed by atoms with Crippen LogP contribution in [-0.4, -0.2) is 29.4 Å². The molecule has 7 nitrogen and oxygen atoms in total. The Balaban J connectivity index is 1.73. The molecule has 0 unspecified atom stereocenters. The lowest BCUT2D eigenvalue weighted by atomic mass is 10.2. The molecular formula is C18H18ClN5O2. The van der Waals surface area contributed by atoms with Crippen LogP contribution in [0.15, 0.2) is 48.7 Å². The molecule has 1 aromatic heterocycles. The van der Waals surface area contributed by atoms with Crippen molar-refractivity contribution in [3.8, 4) is 11.5 Å². The molecule has 0 amide bonds. The largest absolute Gasteiger partial charge is 0.496 e. The zero-order valence-corrected chi connectivity index (χ0v) is 15.1. The SMILES string of the molecule is COc1ccccc1CNc1cnnc(Nc2cc(Cl)ccc2OC)n1. The fourth-order valence-corrected chi connectivity index (χ4v) is 2.55. The quantitative estimate of drug-likeness (QED) is 0.651. The first-order chi connectivity index (χ1) is 12.7. The zero-order chi connectivity index (χ0) is 18.4. The van der Waals surface area contributed by atoms with Gasteiger partial charge >= 0.3 is 0 Å². The van der Waals surface area contributed by atoms with Gasteiger partial charge in [-0.15, -0.1) is 5.10 Å². The molecule has 26 heavy (non-hydrogen) atoms. The van der Waals surface area contributed by atoms with Crippen LogP contribution in [-0.2, 0) is 6.54 Å². The molecular weight excluding hydrogens is 354 g/mol. The molecule has 0 bridgehead atoms. The molecule has 8 heteroatoms. The predicted molar refractivity (Wildman–Crippen MR) is 101 cm³/mol. The Morgan fingerprint density at radius 2 is 1.85 bits per heavy atom. The van der Waals surface area contributed by atoms with Crippen molar-refractivity contribution < 1.29 is 9.47 Å². The smallest absolute Gasteiger partial charge is 0.249 e. The molecule has 1 heterocycles. The number of anilines is 3. The maximum Gasteiger partial charge on any atom is 0.249 e. The summed E-state index contributed by atoms with van der Waals surface area (Å²) in [6.45, 7) is 0.544. The van der Waals surface area contributed by atoms with E-state index >= 15 is 0 Å². The highest BCUT2D eigenvalue weighted by molar-refractivity contribution is 6.31. The molecule has 0 saturated heterocycles. The average Bonchev–Trinajstić information content (AvgIpc) is 2.67. The molecule has 134 valence electrons. The molecule has 2 aromatic carbocycles. The maximum absolute atomic E-state index is 6.04. The second kappa shape index (κ2) is 8.35. The van der Waals surface area contributed by atoms with Crippen molar-refractivity contribution in [1.29, 1.82) is 0 Å². The number of nitrogens with one attached hydrogen (secondary N) is 2. The lowest BCUT2D eigenvalue weighted by molar-refractivity contribution is 0.410. The number of benzene rings is 2. The lowest BCUT2D eigenvalue weighted by Crippen LogP contribution is -2.07. The minimum absolute atomic E-state index is 0.329. The van der Waals surface area contributed by atoms with Crippen molar-refractivity contribution in [3.63, 3.8) is 0 Å². The van der Waals surface area contributed by atoms with Gasteiger partial charge in [-0.25, -0.2) is 0 Å².